The summed E-state index contributed by atoms with van der Waals surface area (Å²) in [4.78, 5) is 0. The molecule has 0 aromatic rings. The van der Waals surface area contributed by atoms with Crippen molar-refractivity contribution in [2.45, 2.75) is 26.2 Å². The molecule has 1 unspecified atom stereocenters. The van der Waals surface area contributed by atoms with Crippen LogP contribution in [0.25, 0.3) is 0 Å². The van der Waals surface area contributed by atoms with E-state index in [2.05, 4.69) is 31.0 Å². The van der Waals surface area contributed by atoms with Gasteiger partial charge in [0.25, 0.3) is 0 Å². The smallest absolute Gasteiger partial charge is 0.00142 e. The molecule has 1 aliphatic heterocycles. The Morgan fingerprint density at radius 2 is 2.33 bits per heavy atom. The highest BCUT2D eigenvalue weighted by Crippen LogP contribution is 2.16. The molecular weight excluding hydrogens is 146 g/mol. The zero-order chi connectivity index (χ0) is 8.81. The van der Waals surface area contributed by atoms with Crippen LogP contribution in [0.15, 0.2) is 24.3 Å². The van der Waals surface area contributed by atoms with E-state index >= 15 is 0 Å². The predicted octanol–water partition coefficient (Wildman–Crippen LogP) is 2.51. The van der Waals surface area contributed by atoms with E-state index in [1.165, 1.54) is 18.4 Å². The number of hydrogen-bond donors (Lipinski definition) is 1. The fourth-order valence-electron chi connectivity index (χ4n) is 1.43. The van der Waals surface area contributed by atoms with E-state index in [9.17, 15) is 0 Å². The van der Waals surface area contributed by atoms with Crippen LogP contribution < -0.4 is 5.32 Å². The highest BCUT2D eigenvalue weighted by molar-refractivity contribution is 5.17. The van der Waals surface area contributed by atoms with Gasteiger partial charge in [-0.05, 0) is 38.3 Å². The van der Waals surface area contributed by atoms with Gasteiger partial charge in [0.2, 0.25) is 0 Å². The lowest BCUT2D eigenvalue weighted by atomic mass is 9.96. The third-order valence-corrected chi connectivity index (χ3v) is 2.44. The van der Waals surface area contributed by atoms with Crippen molar-refractivity contribution < 1.29 is 0 Å². The first-order chi connectivity index (χ1) is 5.80. The molecule has 68 valence electrons. The molecule has 1 heteroatoms. The van der Waals surface area contributed by atoms with Crippen LogP contribution in [-0.4, -0.2) is 13.1 Å². The van der Waals surface area contributed by atoms with E-state index in [0.717, 1.165) is 19.5 Å². The molecule has 0 aromatic heterocycles. The summed E-state index contributed by atoms with van der Waals surface area (Å²) in [5.41, 5.74) is 1.29. The van der Waals surface area contributed by atoms with Crippen LogP contribution in [0.3, 0.4) is 0 Å². The summed E-state index contributed by atoms with van der Waals surface area (Å²) >= 11 is 0. The quantitative estimate of drug-likeness (QED) is 0.581. The number of allylic oxidation sites excluding steroid dienone is 2. The monoisotopic (exact) mass is 165 g/mol. The maximum absolute atomic E-state index is 4.06. The van der Waals surface area contributed by atoms with Gasteiger partial charge in [-0.1, -0.05) is 31.2 Å². The van der Waals surface area contributed by atoms with Crippen LogP contribution in [0.2, 0.25) is 0 Å². The molecule has 1 aliphatic rings. The Balaban J connectivity index is 2.45. The van der Waals surface area contributed by atoms with E-state index in [1.807, 2.05) is 0 Å². The van der Waals surface area contributed by atoms with E-state index in [1.54, 1.807) is 0 Å². The van der Waals surface area contributed by atoms with E-state index in [0.29, 0.717) is 5.92 Å². The van der Waals surface area contributed by atoms with Gasteiger partial charge in [0.15, 0.2) is 0 Å². The fraction of sp³-hybridized carbons (Fsp3) is 0.636. The lowest BCUT2D eigenvalue weighted by Gasteiger charge is -2.13. The summed E-state index contributed by atoms with van der Waals surface area (Å²) in [6.45, 7) is 8.59. The first-order valence-electron chi connectivity index (χ1n) is 4.87. The molecule has 0 spiro atoms. The molecule has 0 bridgehead atoms. The highest BCUT2D eigenvalue weighted by atomic mass is 14.8. The molecule has 1 heterocycles. The second kappa shape index (κ2) is 5.15. The molecule has 0 aromatic carbocycles. The molecule has 1 rings (SSSR count). The zero-order valence-corrected chi connectivity index (χ0v) is 7.97. The summed E-state index contributed by atoms with van der Waals surface area (Å²) in [5, 5.41) is 3.41. The second-order valence-corrected chi connectivity index (χ2v) is 3.56. The third-order valence-electron chi connectivity index (χ3n) is 2.44. The van der Waals surface area contributed by atoms with Crippen molar-refractivity contribution in [1.82, 2.24) is 5.32 Å². The number of hydrogen-bond acceptors (Lipinski definition) is 1. The lowest BCUT2D eigenvalue weighted by molar-refractivity contribution is 0.549. The molecule has 0 aliphatic carbocycles. The SMILES string of the molecule is C=C1/C=C\CCNCCCC1C. The van der Waals surface area contributed by atoms with Crippen LogP contribution in [-0.2, 0) is 0 Å². The molecule has 0 fully saturated rings. The van der Waals surface area contributed by atoms with Gasteiger partial charge in [0.1, 0.15) is 0 Å². The first-order valence-corrected chi connectivity index (χ1v) is 4.87. The topological polar surface area (TPSA) is 12.0 Å². The Morgan fingerprint density at radius 3 is 3.17 bits per heavy atom. The average Bonchev–Trinajstić information content (AvgIpc) is 2.08. The fourth-order valence-corrected chi connectivity index (χ4v) is 1.43. The Bertz CT molecular complexity index is 170. The van der Waals surface area contributed by atoms with Crippen molar-refractivity contribution in [3.8, 4) is 0 Å². The molecule has 0 amide bonds. The first kappa shape index (κ1) is 9.53. The van der Waals surface area contributed by atoms with Crippen molar-refractivity contribution in [3.63, 3.8) is 0 Å². The Labute approximate surface area is 75.6 Å². The van der Waals surface area contributed by atoms with Gasteiger partial charge < -0.3 is 5.32 Å². The summed E-state index contributed by atoms with van der Waals surface area (Å²) in [7, 11) is 0. The zero-order valence-electron chi connectivity index (χ0n) is 7.97. The summed E-state index contributed by atoms with van der Waals surface area (Å²) < 4.78 is 0. The molecule has 0 radical (unpaired) electrons. The maximum atomic E-state index is 4.06. The molecule has 1 nitrogen and oxygen atoms in total. The van der Waals surface area contributed by atoms with Crippen LogP contribution in [0.4, 0.5) is 0 Å². The molecule has 12 heavy (non-hydrogen) atoms. The predicted molar refractivity (Wildman–Crippen MR) is 54.2 cm³/mol. The van der Waals surface area contributed by atoms with Crippen molar-refractivity contribution in [1.29, 1.82) is 0 Å². The van der Waals surface area contributed by atoms with Gasteiger partial charge in [0.05, 0.1) is 0 Å². The van der Waals surface area contributed by atoms with Crippen LogP contribution >= 0.6 is 0 Å². The van der Waals surface area contributed by atoms with Crippen LogP contribution in [0, 0.1) is 5.92 Å². The second-order valence-electron chi connectivity index (χ2n) is 3.56. The lowest BCUT2D eigenvalue weighted by Crippen LogP contribution is -2.17. The van der Waals surface area contributed by atoms with Gasteiger partial charge in [-0.25, -0.2) is 0 Å². The van der Waals surface area contributed by atoms with E-state index in [-0.39, 0.29) is 0 Å². The van der Waals surface area contributed by atoms with Gasteiger partial charge in [-0.15, -0.1) is 0 Å². The van der Waals surface area contributed by atoms with Crippen LogP contribution in [0.1, 0.15) is 26.2 Å². The minimum atomic E-state index is 0.654. The standard InChI is InChI=1S/C11H19N/c1-10-6-3-4-8-12-9-5-7-11(10)2/h3,6,11-12H,1,4-5,7-9H2,2H3/b6-3-. The van der Waals surface area contributed by atoms with Crippen molar-refractivity contribution >= 4 is 0 Å². The van der Waals surface area contributed by atoms with Gasteiger partial charge in [-0.2, -0.15) is 0 Å². The van der Waals surface area contributed by atoms with Crippen molar-refractivity contribution in [3.05, 3.63) is 24.3 Å². The normalized spacial score (nSPS) is 29.8. The molecular formula is C11H19N. The molecule has 1 atom stereocenters. The molecule has 0 saturated carbocycles. The summed E-state index contributed by atoms with van der Waals surface area (Å²) in [5.74, 6) is 0.654. The minimum Gasteiger partial charge on any atom is -0.316 e. The summed E-state index contributed by atoms with van der Waals surface area (Å²) in [6, 6.07) is 0. The van der Waals surface area contributed by atoms with Gasteiger partial charge in [-0.3, -0.25) is 0 Å². The van der Waals surface area contributed by atoms with Crippen molar-refractivity contribution in [2.24, 2.45) is 5.92 Å². The minimum absolute atomic E-state index is 0.654. The largest absolute Gasteiger partial charge is 0.316 e. The summed E-state index contributed by atoms with van der Waals surface area (Å²) in [6.07, 6.45) is 8.06. The Hall–Kier alpha value is -0.560. The van der Waals surface area contributed by atoms with Gasteiger partial charge >= 0.3 is 0 Å². The maximum Gasteiger partial charge on any atom is -0.00142 e. The highest BCUT2D eigenvalue weighted by Gasteiger charge is 2.04. The van der Waals surface area contributed by atoms with Crippen LogP contribution in [0.5, 0.6) is 0 Å². The number of rotatable bonds is 0. The molecule has 0 saturated heterocycles. The molecule has 1 N–H and O–H groups in total. The number of nitrogens with one attached hydrogen (secondary N) is 1. The average molecular weight is 165 g/mol. The van der Waals surface area contributed by atoms with E-state index < -0.39 is 0 Å². The Morgan fingerprint density at radius 1 is 1.50 bits per heavy atom. The Kier molecular flexibility index (Phi) is 4.09. The third kappa shape index (κ3) is 3.22. The van der Waals surface area contributed by atoms with Crippen molar-refractivity contribution in [2.75, 3.05) is 13.1 Å². The van der Waals surface area contributed by atoms with Gasteiger partial charge in [0, 0.05) is 0 Å². The van der Waals surface area contributed by atoms with E-state index in [4.69, 9.17) is 0 Å².